The number of hydrogen-bond acceptors (Lipinski definition) is 3. The first-order chi connectivity index (χ1) is 8.97. The van der Waals surface area contributed by atoms with Crippen molar-refractivity contribution >= 4 is 40.5 Å². The van der Waals surface area contributed by atoms with E-state index in [-0.39, 0.29) is 5.91 Å². The highest BCUT2D eigenvalue weighted by molar-refractivity contribution is 6.36. The predicted molar refractivity (Wildman–Crippen MR) is 77.8 cm³/mol. The van der Waals surface area contributed by atoms with Gasteiger partial charge in [-0.05, 0) is 31.2 Å². The van der Waals surface area contributed by atoms with Crippen LogP contribution in [0.25, 0.3) is 0 Å². The summed E-state index contributed by atoms with van der Waals surface area (Å²) in [7, 11) is 0. The van der Waals surface area contributed by atoms with Crippen LogP contribution in [0, 0.1) is 6.92 Å². The van der Waals surface area contributed by atoms with Gasteiger partial charge in [0.1, 0.15) is 0 Å². The minimum atomic E-state index is -0.380. The van der Waals surface area contributed by atoms with E-state index in [0.29, 0.717) is 27.0 Å². The highest BCUT2D eigenvalue weighted by atomic mass is 35.5. The number of rotatable bonds is 2. The number of aromatic nitrogens is 1. The number of amides is 1. The number of nitrogen functional groups attached to an aromatic ring is 1. The molecule has 0 aliphatic heterocycles. The fourth-order valence-electron chi connectivity index (χ4n) is 1.55. The van der Waals surface area contributed by atoms with E-state index in [1.165, 1.54) is 6.20 Å². The molecule has 6 heteroatoms. The molecule has 0 atom stereocenters. The second-order valence-corrected chi connectivity index (χ2v) is 4.83. The molecule has 0 unspecified atom stereocenters. The number of nitrogens with two attached hydrogens (primary N) is 1. The SMILES string of the molecule is Cc1cc(N)c(C(=O)Nc2cc(Cl)ccc2Cl)cn1. The van der Waals surface area contributed by atoms with Crippen molar-refractivity contribution in [1.29, 1.82) is 0 Å². The van der Waals surface area contributed by atoms with Gasteiger partial charge in [-0.3, -0.25) is 9.78 Å². The average Bonchev–Trinajstić information content (AvgIpc) is 2.33. The number of nitrogens with zero attached hydrogens (tertiary/aromatic N) is 1. The summed E-state index contributed by atoms with van der Waals surface area (Å²) in [5.74, 6) is -0.380. The summed E-state index contributed by atoms with van der Waals surface area (Å²) in [5.41, 5.74) is 7.62. The molecule has 2 aromatic rings. The van der Waals surface area contributed by atoms with Gasteiger partial charge in [-0.1, -0.05) is 23.2 Å². The molecule has 1 aromatic heterocycles. The zero-order valence-corrected chi connectivity index (χ0v) is 11.6. The van der Waals surface area contributed by atoms with Gasteiger partial charge in [0.2, 0.25) is 0 Å². The highest BCUT2D eigenvalue weighted by Gasteiger charge is 2.12. The molecule has 0 radical (unpaired) electrons. The Kier molecular flexibility index (Phi) is 3.93. The molecule has 0 spiro atoms. The first kappa shape index (κ1) is 13.6. The van der Waals surface area contributed by atoms with Crippen LogP contribution in [0.3, 0.4) is 0 Å². The molecule has 1 heterocycles. The van der Waals surface area contributed by atoms with E-state index in [1.807, 2.05) is 0 Å². The van der Waals surface area contributed by atoms with Gasteiger partial charge in [0.15, 0.2) is 0 Å². The first-order valence-electron chi connectivity index (χ1n) is 5.46. The standard InChI is InChI=1S/C13H11Cl2N3O/c1-7-4-11(16)9(6-17-7)13(19)18-12-5-8(14)2-3-10(12)15/h2-6H,1H3,(H2,16,17)(H,18,19). The zero-order valence-electron chi connectivity index (χ0n) is 10.1. The van der Waals surface area contributed by atoms with Gasteiger partial charge in [0.25, 0.3) is 5.91 Å². The van der Waals surface area contributed by atoms with Crippen LogP contribution in [0.15, 0.2) is 30.5 Å². The molecule has 4 nitrogen and oxygen atoms in total. The van der Waals surface area contributed by atoms with Gasteiger partial charge >= 0.3 is 0 Å². The van der Waals surface area contributed by atoms with Crippen molar-refractivity contribution in [3.05, 3.63) is 51.8 Å². The first-order valence-corrected chi connectivity index (χ1v) is 6.21. The summed E-state index contributed by atoms with van der Waals surface area (Å²) in [6, 6.07) is 6.45. The fraction of sp³-hybridized carbons (Fsp3) is 0.0769. The van der Waals surface area contributed by atoms with Gasteiger partial charge in [-0.25, -0.2) is 0 Å². The normalized spacial score (nSPS) is 10.3. The lowest BCUT2D eigenvalue weighted by Crippen LogP contribution is -2.15. The maximum atomic E-state index is 12.1. The summed E-state index contributed by atoms with van der Waals surface area (Å²) in [4.78, 5) is 16.1. The van der Waals surface area contributed by atoms with Crippen molar-refractivity contribution < 1.29 is 4.79 Å². The Balaban J connectivity index is 2.28. The van der Waals surface area contributed by atoms with Gasteiger partial charge in [0.05, 0.1) is 16.3 Å². The molecular formula is C13H11Cl2N3O. The average molecular weight is 296 g/mol. The fourth-order valence-corrected chi connectivity index (χ4v) is 1.89. The predicted octanol–water partition coefficient (Wildman–Crippen LogP) is 3.53. The lowest BCUT2D eigenvalue weighted by atomic mass is 10.2. The number of benzene rings is 1. The van der Waals surface area contributed by atoms with E-state index >= 15 is 0 Å². The second kappa shape index (κ2) is 5.47. The molecule has 98 valence electrons. The van der Waals surface area contributed by atoms with E-state index in [9.17, 15) is 4.79 Å². The monoisotopic (exact) mass is 295 g/mol. The van der Waals surface area contributed by atoms with Crippen molar-refractivity contribution in [1.82, 2.24) is 4.98 Å². The van der Waals surface area contributed by atoms with Crippen LogP contribution in [0.2, 0.25) is 10.0 Å². The quantitative estimate of drug-likeness (QED) is 0.890. The van der Waals surface area contributed by atoms with Crippen LogP contribution in [-0.2, 0) is 0 Å². The maximum absolute atomic E-state index is 12.1. The van der Waals surface area contributed by atoms with Gasteiger partial charge < -0.3 is 11.1 Å². The van der Waals surface area contributed by atoms with Crippen LogP contribution in [0.5, 0.6) is 0 Å². The molecule has 2 rings (SSSR count). The number of aryl methyl sites for hydroxylation is 1. The third-order valence-corrected chi connectivity index (χ3v) is 3.06. The topological polar surface area (TPSA) is 68.0 Å². The second-order valence-electron chi connectivity index (χ2n) is 3.99. The van der Waals surface area contributed by atoms with Gasteiger partial charge in [-0.2, -0.15) is 0 Å². The third-order valence-electron chi connectivity index (χ3n) is 2.49. The number of carbonyl (C=O) groups is 1. The Hall–Kier alpha value is -1.78. The van der Waals surface area contributed by atoms with Crippen molar-refractivity contribution in [3.63, 3.8) is 0 Å². The van der Waals surface area contributed by atoms with Crippen molar-refractivity contribution in [2.24, 2.45) is 0 Å². The molecule has 0 saturated carbocycles. The largest absolute Gasteiger partial charge is 0.398 e. The Labute approximate surface area is 120 Å². The van der Waals surface area contributed by atoms with Crippen LogP contribution in [0.1, 0.15) is 16.1 Å². The molecular weight excluding hydrogens is 285 g/mol. The van der Waals surface area contributed by atoms with E-state index < -0.39 is 0 Å². The van der Waals surface area contributed by atoms with Crippen molar-refractivity contribution in [2.45, 2.75) is 6.92 Å². The number of hydrogen-bond donors (Lipinski definition) is 2. The van der Waals surface area contributed by atoms with Crippen LogP contribution < -0.4 is 11.1 Å². The molecule has 19 heavy (non-hydrogen) atoms. The number of anilines is 2. The minimum absolute atomic E-state index is 0.293. The summed E-state index contributed by atoms with van der Waals surface area (Å²) in [6.07, 6.45) is 1.43. The van der Waals surface area contributed by atoms with Crippen molar-refractivity contribution in [3.8, 4) is 0 Å². The maximum Gasteiger partial charge on any atom is 0.259 e. The Morgan fingerprint density at radius 3 is 2.74 bits per heavy atom. The molecule has 0 aliphatic rings. The molecule has 1 aromatic carbocycles. The summed E-state index contributed by atoms with van der Waals surface area (Å²) in [6.45, 7) is 1.80. The van der Waals surface area contributed by atoms with E-state index in [1.54, 1.807) is 31.2 Å². The number of nitrogens with one attached hydrogen (secondary N) is 1. The van der Waals surface area contributed by atoms with E-state index in [0.717, 1.165) is 5.69 Å². The summed E-state index contributed by atoms with van der Waals surface area (Å²) >= 11 is 11.8. The van der Waals surface area contributed by atoms with Crippen LogP contribution >= 0.6 is 23.2 Å². The number of halogens is 2. The summed E-state index contributed by atoms with van der Waals surface area (Å²) in [5, 5.41) is 3.53. The minimum Gasteiger partial charge on any atom is -0.398 e. The molecule has 0 saturated heterocycles. The number of carbonyl (C=O) groups excluding carboxylic acids is 1. The molecule has 0 fully saturated rings. The Bertz CT molecular complexity index is 644. The molecule has 3 N–H and O–H groups in total. The Morgan fingerprint density at radius 1 is 1.32 bits per heavy atom. The van der Waals surface area contributed by atoms with Gasteiger partial charge in [-0.15, -0.1) is 0 Å². The van der Waals surface area contributed by atoms with E-state index in [2.05, 4.69) is 10.3 Å². The number of pyridine rings is 1. The van der Waals surface area contributed by atoms with E-state index in [4.69, 9.17) is 28.9 Å². The zero-order chi connectivity index (χ0) is 14.0. The lowest BCUT2D eigenvalue weighted by Gasteiger charge is -2.09. The van der Waals surface area contributed by atoms with Gasteiger partial charge in [0, 0.05) is 22.6 Å². The highest BCUT2D eigenvalue weighted by Crippen LogP contribution is 2.26. The smallest absolute Gasteiger partial charge is 0.259 e. The molecule has 0 aliphatic carbocycles. The third kappa shape index (κ3) is 3.16. The molecule has 1 amide bonds. The Morgan fingerprint density at radius 2 is 2.05 bits per heavy atom. The van der Waals surface area contributed by atoms with Crippen LogP contribution in [0.4, 0.5) is 11.4 Å². The summed E-state index contributed by atoms with van der Waals surface area (Å²) < 4.78 is 0. The van der Waals surface area contributed by atoms with Crippen LogP contribution in [-0.4, -0.2) is 10.9 Å². The molecule has 0 bridgehead atoms. The van der Waals surface area contributed by atoms with Crippen molar-refractivity contribution in [2.75, 3.05) is 11.1 Å². The lowest BCUT2D eigenvalue weighted by molar-refractivity contribution is 0.102.